The molecule has 3 aromatic rings. The maximum atomic E-state index is 13.8. The first-order valence-electron chi connectivity index (χ1n) is 12.1. The SMILES string of the molecule is COc1ccc(C(CC(C)C)NC(=O)CN(c2cccc(C)c2C)S(=O)(=O)c2ccc(C)cc2)cc1. The molecule has 0 radical (unpaired) electrons. The van der Waals surface area contributed by atoms with Crippen LogP contribution in [0.3, 0.4) is 0 Å². The maximum absolute atomic E-state index is 13.8. The number of nitrogens with one attached hydrogen (secondary N) is 1. The largest absolute Gasteiger partial charge is 0.497 e. The van der Waals surface area contributed by atoms with Crippen LogP contribution in [0.2, 0.25) is 0 Å². The van der Waals surface area contributed by atoms with E-state index in [0.29, 0.717) is 18.0 Å². The molecule has 0 aliphatic rings. The van der Waals surface area contributed by atoms with E-state index in [9.17, 15) is 13.2 Å². The summed E-state index contributed by atoms with van der Waals surface area (Å²) < 4.78 is 34.0. The van der Waals surface area contributed by atoms with Gasteiger partial charge >= 0.3 is 0 Å². The van der Waals surface area contributed by atoms with Gasteiger partial charge in [-0.25, -0.2) is 8.42 Å². The highest BCUT2D eigenvalue weighted by Gasteiger charge is 2.29. The van der Waals surface area contributed by atoms with Crippen LogP contribution in [0.5, 0.6) is 5.75 Å². The number of carbonyl (C=O) groups is 1. The Labute approximate surface area is 215 Å². The van der Waals surface area contributed by atoms with Gasteiger partial charge in [-0.15, -0.1) is 0 Å². The highest BCUT2D eigenvalue weighted by molar-refractivity contribution is 7.92. The summed E-state index contributed by atoms with van der Waals surface area (Å²) in [6, 6.07) is 19.5. The topological polar surface area (TPSA) is 75.7 Å². The Morgan fingerprint density at radius 2 is 1.58 bits per heavy atom. The Morgan fingerprint density at radius 3 is 2.17 bits per heavy atom. The van der Waals surface area contributed by atoms with Gasteiger partial charge in [0.1, 0.15) is 12.3 Å². The molecule has 3 aromatic carbocycles. The number of hydrogen-bond acceptors (Lipinski definition) is 4. The first-order valence-corrected chi connectivity index (χ1v) is 13.6. The minimum Gasteiger partial charge on any atom is -0.497 e. The fourth-order valence-corrected chi connectivity index (χ4v) is 5.58. The lowest BCUT2D eigenvalue weighted by atomic mass is 9.97. The van der Waals surface area contributed by atoms with Gasteiger partial charge in [0.2, 0.25) is 5.91 Å². The molecule has 0 aliphatic heterocycles. The standard InChI is InChI=1S/C29H36N2O4S/c1-20(2)18-27(24-12-14-25(35-6)15-13-24)30-29(32)19-31(28-9-7-8-22(4)23(28)5)36(33,34)26-16-10-21(3)11-17-26/h7-17,20,27H,18-19H2,1-6H3,(H,30,32). The number of amides is 1. The Balaban J connectivity index is 1.96. The summed E-state index contributed by atoms with van der Waals surface area (Å²) in [6.07, 6.45) is 0.715. The fourth-order valence-electron chi connectivity index (χ4n) is 4.10. The quantitative estimate of drug-likeness (QED) is 0.380. The van der Waals surface area contributed by atoms with Crippen LogP contribution >= 0.6 is 0 Å². The minimum atomic E-state index is -3.98. The molecule has 0 saturated heterocycles. The molecule has 3 rings (SSSR count). The molecule has 1 atom stereocenters. The van der Waals surface area contributed by atoms with Gasteiger partial charge in [0.15, 0.2) is 0 Å². The van der Waals surface area contributed by atoms with E-state index >= 15 is 0 Å². The van der Waals surface area contributed by atoms with Gasteiger partial charge in [0, 0.05) is 0 Å². The van der Waals surface area contributed by atoms with Gasteiger partial charge in [-0.1, -0.05) is 55.8 Å². The van der Waals surface area contributed by atoms with Crippen molar-refractivity contribution in [3.05, 3.63) is 89.0 Å². The number of aryl methyl sites for hydroxylation is 2. The number of methoxy groups -OCH3 is 1. The molecule has 192 valence electrons. The smallest absolute Gasteiger partial charge is 0.264 e. The highest BCUT2D eigenvalue weighted by Crippen LogP contribution is 2.29. The van der Waals surface area contributed by atoms with Gasteiger partial charge in [0.25, 0.3) is 10.0 Å². The van der Waals surface area contributed by atoms with Crippen LogP contribution in [0.25, 0.3) is 0 Å². The molecule has 0 aliphatic carbocycles. The molecule has 36 heavy (non-hydrogen) atoms. The van der Waals surface area contributed by atoms with Gasteiger partial charge in [0.05, 0.1) is 23.7 Å². The summed E-state index contributed by atoms with van der Waals surface area (Å²) in [4.78, 5) is 13.6. The van der Waals surface area contributed by atoms with E-state index in [2.05, 4.69) is 19.2 Å². The van der Waals surface area contributed by atoms with Crippen LogP contribution in [-0.4, -0.2) is 28.0 Å². The predicted molar refractivity (Wildman–Crippen MR) is 145 cm³/mol. The number of sulfonamides is 1. The lowest BCUT2D eigenvalue weighted by molar-refractivity contribution is -0.120. The average Bonchev–Trinajstić information content (AvgIpc) is 2.84. The van der Waals surface area contributed by atoms with Crippen molar-refractivity contribution in [1.82, 2.24) is 5.32 Å². The number of anilines is 1. The van der Waals surface area contributed by atoms with Crippen LogP contribution in [0.15, 0.2) is 71.6 Å². The lowest BCUT2D eigenvalue weighted by Gasteiger charge is -2.28. The number of ether oxygens (including phenoxy) is 1. The van der Waals surface area contributed by atoms with E-state index in [1.807, 2.05) is 57.2 Å². The molecular formula is C29H36N2O4S. The van der Waals surface area contributed by atoms with Gasteiger partial charge < -0.3 is 10.1 Å². The third kappa shape index (κ3) is 6.46. The molecule has 0 fully saturated rings. The molecule has 1 unspecified atom stereocenters. The zero-order valence-electron chi connectivity index (χ0n) is 21.9. The molecule has 0 aromatic heterocycles. The second kappa shape index (κ2) is 11.6. The third-order valence-corrected chi connectivity index (χ3v) is 8.08. The summed E-state index contributed by atoms with van der Waals surface area (Å²) in [6.45, 7) is 9.56. The Hall–Kier alpha value is -3.32. The summed E-state index contributed by atoms with van der Waals surface area (Å²) >= 11 is 0. The second-order valence-corrected chi connectivity index (χ2v) is 11.4. The van der Waals surface area contributed by atoms with Gasteiger partial charge in [-0.3, -0.25) is 9.10 Å². The fraction of sp³-hybridized carbons (Fsp3) is 0.345. The Kier molecular flexibility index (Phi) is 8.79. The summed E-state index contributed by atoms with van der Waals surface area (Å²) in [5.41, 5.74) is 4.16. The molecule has 7 heteroatoms. The van der Waals surface area contributed by atoms with Crippen molar-refractivity contribution < 1.29 is 17.9 Å². The van der Waals surface area contributed by atoms with Crippen molar-refractivity contribution in [2.24, 2.45) is 5.92 Å². The zero-order valence-corrected chi connectivity index (χ0v) is 22.7. The van der Waals surface area contributed by atoms with E-state index in [1.54, 1.807) is 37.4 Å². The minimum absolute atomic E-state index is 0.149. The molecule has 1 amide bonds. The van der Waals surface area contributed by atoms with Crippen LogP contribution in [0.4, 0.5) is 5.69 Å². The monoisotopic (exact) mass is 508 g/mol. The van der Waals surface area contributed by atoms with Crippen molar-refractivity contribution in [3.63, 3.8) is 0 Å². The second-order valence-electron chi connectivity index (χ2n) is 9.57. The van der Waals surface area contributed by atoms with E-state index in [0.717, 1.165) is 28.0 Å². The van der Waals surface area contributed by atoms with Gasteiger partial charge in [-0.05, 0) is 80.1 Å². The van der Waals surface area contributed by atoms with E-state index in [4.69, 9.17) is 4.74 Å². The van der Waals surface area contributed by atoms with Crippen molar-refractivity contribution >= 4 is 21.6 Å². The summed E-state index contributed by atoms with van der Waals surface area (Å²) in [7, 11) is -2.37. The van der Waals surface area contributed by atoms with Crippen LogP contribution < -0.4 is 14.4 Å². The van der Waals surface area contributed by atoms with Gasteiger partial charge in [-0.2, -0.15) is 0 Å². The lowest BCUT2D eigenvalue weighted by Crippen LogP contribution is -2.42. The van der Waals surface area contributed by atoms with Crippen LogP contribution in [-0.2, 0) is 14.8 Å². The first kappa shape index (κ1) is 27.3. The van der Waals surface area contributed by atoms with Crippen molar-refractivity contribution in [2.45, 2.75) is 52.0 Å². The summed E-state index contributed by atoms with van der Waals surface area (Å²) in [5, 5.41) is 3.08. The van der Waals surface area contributed by atoms with E-state index in [1.165, 1.54) is 4.31 Å². The number of benzene rings is 3. The van der Waals surface area contributed by atoms with Crippen LogP contribution in [0, 0.1) is 26.7 Å². The molecule has 0 bridgehead atoms. The number of nitrogens with zero attached hydrogens (tertiary/aromatic N) is 1. The van der Waals surface area contributed by atoms with E-state index < -0.39 is 10.0 Å². The molecular weight excluding hydrogens is 472 g/mol. The van der Waals surface area contributed by atoms with Crippen LogP contribution in [0.1, 0.15) is 48.6 Å². The number of rotatable bonds is 10. The molecule has 0 spiro atoms. The predicted octanol–water partition coefficient (Wildman–Crippen LogP) is 5.72. The molecule has 0 saturated carbocycles. The number of hydrogen-bond donors (Lipinski definition) is 1. The Morgan fingerprint density at radius 1 is 0.944 bits per heavy atom. The summed E-state index contributed by atoms with van der Waals surface area (Å²) in [5.74, 6) is 0.690. The maximum Gasteiger partial charge on any atom is 0.264 e. The zero-order chi connectivity index (χ0) is 26.5. The Bertz CT molecular complexity index is 1280. The highest BCUT2D eigenvalue weighted by atomic mass is 32.2. The van der Waals surface area contributed by atoms with Crippen molar-refractivity contribution in [1.29, 1.82) is 0 Å². The first-order chi connectivity index (χ1) is 17.0. The molecule has 6 nitrogen and oxygen atoms in total. The van der Waals surface area contributed by atoms with E-state index in [-0.39, 0.29) is 23.4 Å². The average molecular weight is 509 g/mol. The molecule has 1 N–H and O–H groups in total. The normalized spacial score (nSPS) is 12.3. The molecule has 0 heterocycles. The van der Waals surface area contributed by atoms with Crippen molar-refractivity contribution in [3.8, 4) is 5.75 Å². The third-order valence-electron chi connectivity index (χ3n) is 6.30. The van der Waals surface area contributed by atoms with Crippen molar-refractivity contribution in [2.75, 3.05) is 18.0 Å². The number of carbonyl (C=O) groups excluding carboxylic acids is 1.